The van der Waals surface area contributed by atoms with Crippen molar-refractivity contribution in [3.63, 3.8) is 0 Å². The lowest BCUT2D eigenvalue weighted by Crippen LogP contribution is -2.33. The molecule has 0 aromatic heterocycles. The van der Waals surface area contributed by atoms with Crippen LogP contribution in [0.4, 0.5) is 0 Å². The fourth-order valence-electron chi connectivity index (χ4n) is 3.54. The molecule has 2 unspecified atom stereocenters. The van der Waals surface area contributed by atoms with Gasteiger partial charge in [0.2, 0.25) is 0 Å². The molecule has 0 spiro atoms. The van der Waals surface area contributed by atoms with Crippen molar-refractivity contribution in [3.05, 3.63) is 34.9 Å². The fraction of sp³-hybridized carbons (Fsp3) is 0.684. The van der Waals surface area contributed by atoms with Crippen molar-refractivity contribution in [2.45, 2.75) is 47.1 Å². The zero-order valence-electron chi connectivity index (χ0n) is 14.7. The average molecular weight is 288 g/mol. The van der Waals surface area contributed by atoms with Gasteiger partial charge in [-0.3, -0.25) is 0 Å². The highest BCUT2D eigenvalue weighted by Crippen LogP contribution is 2.34. The number of likely N-dealkylation sites (tertiary alicyclic amines) is 1. The van der Waals surface area contributed by atoms with E-state index in [0.717, 1.165) is 12.5 Å². The van der Waals surface area contributed by atoms with Crippen molar-refractivity contribution in [1.29, 1.82) is 0 Å². The van der Waals surface area contributed by atoms with Crippen LogP contribution in [0.2, 0.25) is 0 Å². The van der Waals surface area contributed by atoms with E-state index in [2.05, 4.69) is 70.1 Å². The minimum Gasteiger partial charge on any atom is -0.312 e. The molecule has 2 heteroatoms. The molecule has 0 bridgehead atoms. The first-order valence-corrected chi connectivity index (χ1v) is 8.27. The van der Waals surface area contributed by atoms with Crippen LogP contribution < -0.4 is 5.32 Å². The highest BCUT2D eigenvalue weighted by molar-refractivity contribution is 5.30. The van der Waals surface area contributed by atoms with E-state index in [1.807, 2.05) is 0 Å². The number of nitrogens with zero attached hydrogens (tertiary/aromatic N) is 1. The third-order valence-electron chi connectivity index (χ3n) is 4.93. The molecule has 1 N–H and O–H groups in total. The van der Waals surface area contributed by atoms with E-state index in [-0.39, 0.29) is 0 Å². The summed E-state index contributed by atoms with van der Waals surface area (Å²) in [6.07, 6.45) is 1.34. The Bertz CT molecular complexity index is 453. The maximum absolute atomic E-state index is 3.51. The maximum atomic E-state index is 3.51. The Balaban J connectivity index is 2.03. The summed E-state index contributed by atoms with van der Waals surface area (Å²) in [6, 6.07) is 7.33. The summed E-state index contributed by atoms with van der Waals surface area (Å²) in [7, 11) is 2.08. The SMILES string of the molecule is CNC(CN1CCC(C(C)(C)C)C1)c1cc(C)cc(C)c1. The quantitative estimate of drug-likeness (QED) is 0.903. The van der Waals surface area contributed by atoms with Gasteiger partial charge in [0.15, 0.2) is 0 Å². The summed E-state index contributed by atoms with van der Waals surface area (Å²) < 4.78 is 0. The second-order valence-corrected chi connectivity index (χ2v) is 7.87. The molecule has 0 amide bonds. The van der Waals surface area contributed by atoms with E-state index in [1.54, 1.807) is 0 Å². The summed E-state index contributed by atoms with van der Waals surface area (Å²) in [4.78, 5) is 2.63. The fourth-order valence-corrected chi connectivity index (χ4v) is 3.54. The van der Waals surface area contributed by atoms with Crippen LogP contribution in [0.5, 0.6) is 0 Å². The van der Waals surface area contributed by atoms with Crippen LogP contribution >= 0.6 is 0 Å². The van der Waals surface area contributed by atoms with Gasteiger partial charge in [-0.1, -0.05) is 50.1 Å². The number of hydrogen-bond acceptors (Lipinski definition) is 2. The van der Waals surface area contributed by atoms with Crippen LogP contribution in [-0.4, -0.2) is 31.6 Å². The minimum absolute atomic E-state index is 0.433. The topological polar surface area (TPSA) is 15.3 Å². The highest BCUT2D eigenvalue weighted by atomic mass is 15.2. The van der Waals surface area contributed by atoms with Crippen LogP contribution in [0.1, 0.15) is 49.9 Å². The Morgan fingerprint density at radius 3 is 2.29 bits per heavy atom. The number of aryl methyl sites for hydroxylation is 2. The van der Waals surface area contributed by atoms with Crippen molar-refractivity contribution in [3.8, 4) is 0 Å². The van der Waals surface area contributed by atoms with E-state index < -0.39 is 0 Å². The molecular formula is C19H32N2. The van der Waals surface area contributed by atoms with Gasteiger partial charge in [-0.05, 0) is 50.8 Å². The molecule has 2 atom stereocenters. The van der Waals surface area contributed by atoms with E-state index in [0.29, 0.717) is 11.5 Å². The van der Waals surface area contributed by atoms with Crippen LogP contribution in [0.3, 0.4) is 0 Å². The summed E-state index contributed by atoms with van der Waals surface area (Å²) in [5, 5.41) is 3.51. The molecule has 118 valence electrons. The lowest BCUT2D eigenvalue weighted by atomic mass is 9.80. The van der Waals surface area contributed by atoms with Gasteiger partial charge in [-0.2, -0.15) is 0 Å². The van der Waals surface area contributed by atoms with Crippen molar-refractivity contribution >= 4 is 0 Å². The number of rotatable bonds is 4. The lowest BCUT2D eigenvalue weighted by Gasteiger charge is -2.28. The molecule has 2 nitrogen and oxygen atoms in total. The molecule has 2 rings (SSSR count). The van der Waals surface area contributed by atoms with Gasteiger partial charge < -0.3 is 10.2 Å². The predicted octanol–water partition coefficient (Wildman–Crippen LogP) is 3.93. The van der Waals surface area contributed by atoms with Crippen LogP contribution in [0, 0.1) is 25.2 Å². The molecule has 1 aliphatic rings. The third kappa shape index (κ3) is 4.31. The summed E-state index contributed by atoms with van der Waals surface area (Å²) in [5.74, 6) is 0.828. The van der Waals surface area contributed by atoms with Crippen LogP contribution in [0.25, 0.3) is 0 Å². The van der Waals surface area contributed by atoms with Crippen LogP contribution in [-0.2, 0) is 0 Å². The van der Waals surface area contributed by atoms with E-state index in [9.17, 15) is 0 Å². The van der Waals surface area contributed by atoms with E-state index >= 15 is 0 Å². The maximum Gasteiger partial charge on any atom is 0.0447 e. The van der Waals surface area contributed by atoms with Gasteiger partial charge >= 0.3 is 0 Å². The van der Waals surface area contributed by atoms with Crippen molar-refractivity contribution in [1.82, 2.24) is 10.2 Å². The Morgan fingerprint density at radius 2 is 1.81 bits per heavy atom. The molecule has 1 heterocycles. The molecule has 1 fully saturated rings. The van der Waals surface area contributed by atoms with Crippen LogP contribution in [0.15, 0.2) is 18.2 Å². The van der Waals surface area contributed by atoms with Crippen molar-refractivity contribution in [2.24, 2.45) is 11.3 Å². The van der Waals surface area contributed by atoms with Gasteiger partial charge in [0, 0.05) is 19.1 Å². The summed E-state index contributed by atoms with van der Waals surface area (Å²) in [5.41, 5.74) is 4.58. The molecule has 21 heavy (non-hydrogen) atoms. The zero-order chi connectivity index (χ0) is 15.6. The normalized spacial score (nSPS) is 21.7. The largest absolute Gasteiger partial charge is 0.312 e. The molecule has 1 saturated heterocycles. The smallest absolute Gasteiger partial charge is 0.0447 e. The molecule has 0 saturated carbocycles. The number of hydrogen-bond donors (Lipinski definition) is 1. The molecule has 1 aromatic rings. The Labute approximate surface area is 130 Å². The van der Waals surface area contributed by atoms with Crippen molar-refractivity contribution < 1.29 is 0 Å². The minimum atomic E-state index is 0.433. The summed E-state index contributed by atoms with van der Waals surface area (Å²) in [6.45, 7) is 15.1. The first-order chi connectivity index (χ1) is 9.79. The first kappa shape index (κ1) is 16.5. The Hall–Kier alpha value is -0.860. The Kier molecular flexibility index (Phi) is 5.11. The second kappa shape index (κ2) is 6.50. The lowest BCUT2D eigenvalue weighted by molar-refractivity contribution is 0.221. The van der Waals surface area contributed by atoms with Gasteiger partial charge in [-0.25, -0.2) is 0 Å². The molecule has 0 radical (unpaired) electrons. The molecular weight excluding hydrogens is 256 g/mol. The van der Waals surface area contributed by atoms with Gasteiger partial charge in [0.1, 0.15) is 0 Å². The predicted molar refractivity (Wildman–Crippen MR) is 91.7 cm³/mol. The number of nitrogens with one attached hydrogen (secondary N) is 1. The highest BCUT2D eigenvalue weighted by Gasteiger charge is 2.32. The number of likely N-dealkylation sites (N-methyl/N-ethyl adjacent to an activating group) is 1. The van der Waals surface area contributed by atoms with Crippen molar-refractivity contribution in [2.75, 3.05) is 26.7 Å². The molecule has 0 aliphatic carbocycles. The molecule has 1 aromatic carbocycles. The van der Waals surface area contributed by atoms with Gasteiger partial charge in [0.05, 0.1) is 0 Å². The van der Waals surface area contributed by atoms with Gasteiger partial charge in [0.25, 0.3) is 0 Å². The monoisotopic (exact) mass is 288 g/mol. The zero-order valence-corrected chi connectivity index (χ0v) is 14.7. The van der Waals surface area contributed by atoms with E-state index in [4.69, 9.17) is 0 Å². The van der Waals surface area contributed by atoms with Gasteiger partial charge in [-0.15, -0.1) is 0 Å². The first-order valence-electron chi connectivity index (χ1n) is 8.27. The second-order valence-electron chi connectivity index (χ2n) is 7.87. The standard InChI is InChI=1S/C19H32N2/c1-14-9-15(2)11-16(10-14)18(20-6)13-21-8-7-17(12-21)19(3,4)5/h9-11,17-18,20H,7-8,12-13H2,1-6H3. The Morgan fingerprint density at radius 1 is 1.19 bits per heavy atom. The third-order valence-corrected chi connectivity index (χ3v) is 4.93. The molecule has 1 aliphatic heterocycles. The van der Waals surface area contributed by atoms with E-state index in [1.165, 1.54) is 36.2 Å². The summed E-state index contributed by atoms with van der Waals surface area (Å²) >= 11 is 0. The number of benzene rings is 1. The average Bonchev–Trinajstić information content (AvgIpc) is 2.83.